The first-order chi connectivity index (χ1) is 11.7. The van der Waals surface area contributed by atoms with E-state index in [1.807, 2.05) is 6.92 Å². The number of aromatic nitrogens is 3. The van der Waals surface area contributed by atoms with Crippen molar-refractivity contribution in [2.24, 2.45) is 0 Å². The zero-order valence-corrected chi connectivity index (χ0v) is 14.3. The first-order valence-electron chi connectivity index (χ1n) is 8.24. The zero-order valence-electron chi connectivity index (χ0n) is 13.4. The second kappa shape index (κ2) is 6.14. The largest absolute Gasteiger partial charge is 0.492 e. The predicted octanol–water partition coefficient (Wildman–Crippen LogP) is 3.38. The predicted molar refractivity (Wildman–Crippen MR) is 91.0 cm³/mol. The highest BCUT2D eigenvalue weighted by Gasteiger charge is 2.31. The van der Waals surface area contributed by atoms with E-state index in [1.165, 1.54) is 28.0 Å². The van der Waals surface area contributed by atoms with Gasteiger partial charge in [0, 0.05) is 6.42 Å². The van der Waals surface area contributed by atoms with Crippen LogP contribution in [0.3, 0.4) is 0 Å². The Balaban J connectivity index is 1.82. The average molecular weight is 346 g/mol. The lowest BCUT2D eigenvalue weighted by Crippen LogP contribution is -2.26. The van der Waals surface area contributed by atoms with Crippen LogP contribution in [-0.2, 0) is 6.42 Å². The van der Waals surface area contributed by atoms with Crippen LogP contribution in [0.15, 0.2) is 24.3 Å². The number of hydrogen-bond acceptors (Lipinski definition) is 5. The Morgan fingerprint density at radius 1 is 1.25 bits per heavy atom. The summed E-state index contributed by atoms with van der Waals surface area (Å²) in [5.74, 6) is 0.615. The van der Waals surface area contributed by atoms with Crippen LogP contribution in [0, 0.1) is 5.82 Å². The van der Waals surface area contributed by atoms with Gasteiger partial charge in [0.2, 0.25) is 10.8 Å². The normalized spacial score (nSPS) is 16.9. The molecular formula is C17H19FN4OS. The van der Waals surface area contributed by atoms with Crippen molar-refractivity contribution < 1.29 is 9.50 Å². The molecule has 1 fully saturated rings. The van der Waals surface area contributed by atoms with E-state index in [0.29, 0.717) is 4.96 Å². The van der Waals surface area contributed by atoms with Gasteiger partial charge in [0.1, 0.15) is 5.82 Å². The van der Waals surface area contributed by atoms with Gasteiger partial charge in [0.15, 0.2) is 5.82 Å². The van der Waals surface area contributed by atoms with E-state index < -0.39 is 0 Å². The number of aryl methyl sites for hydroxylation is 1. The third kappa shape index (κ3) is 2.57. The van der Waals surface area contributed by atoms with Crippen molar-refractivity contribution in [2.75, 3.05) is 13.1 Å². The molecule has 4 rings (SSSR count). The summed E-state index contributed by atoms with van der Waals surface area (Å²) in [6.45, 7) is 3.92. The standard InChI is InChI=1S/C17H19FN4OS/c1-2-13-19-17-22(20-13)16(23)15(24-17)14(21-9-3-4-10-21)11-5-7-12(18)8-6-11/h5-8,14,23H,2-4,9-10H2,1H3/t14-/m0/s1. The molecule has 0 amide bonds. The molecule has 0 aliphatic carbocycles. The lowest BCUT2D eigenvalue weighted by Gasteiger charge is -2.27. The van der Waals surface area contributed by atoms with Crippen molar-refractivity contribution in [3.05, 3.63) is 46.3 Å². The van der Waals surface area contributed by atoms with E-state index in [1.54, 1.807) is 12.1 Å². The topological polar surface area (TPSA) is 53.7 Å². The fourth-order valence-electron chi connectivity index (χ4n) is 3.29. The molecule has 0 bridgehead atoms. The van der Waals surface area contributed by atoms with Crippen molar-refractivity contribution in [2.45, 2.75) is 32.2 Å². The Morgan fingerprint density at radius 3 is 2.58 bits per heavy atom. The molecule has 1 aliphatic rings. The monoisotopic (exact) mass is 346 g/mol. The molecule has 0 unspecified atom stereocenters. The molecule has 7 heteroatoms. The van der Waals surface area contributed by atoms with Gasteiger partial charge in [-0.2, -0.15) is 4.52 Å². The van der Waals surface area contributed by atoms with Crippen LogP contribution in [0.4, 0.5) is 4.39 Å². The van der Waals surface area contributed by atoms with Gasteiger partial charge in [0.25, 0.3) is 0 Å². The Labute approximate surface area is 143 Å². The van der Waals surface area contributed by atoms with Crippen molar-refractivity contribution in [3.8, 4) is 5.88 Å². The number of thiazole rings is 1. The van der Waals surface area contributed by atoms with Gasteiger partial charge in [-0.15, -0.1) is 5.10 Å². The fraction of sp³-hybridized carbons (Fsp3) is 0.412. The Bertz CT molecular complexity index is 851. The van der Waals surface area contributed by atoms with Crippen LogP contribution in [0.5, 0.6) is 5.88 Å². The summed E-state index contributed by atoms with van der Waals surface area (Å²) in [6.07, 6.45) is 3.01. The third-order valence-corrected chi connectivity index (χ3v) is 5.57. The summed E-state index contributed by atoms with van der Waals surface area (Å²) >= 11 is 1.46. The average Bonchev–Trinajstić information content (AvgIpc) is 3.29. The van der Waals surface area contributed by atoms with Gasteiger partial charge in [-0.3, -0.25) is 4.90 Å². The van der Waals surface area contributed by atoms with Gasteiger partial charge in [0.05, 0.1) is 10.9 Å². The summed E-state index contributed by atoms with van der Waals surface area (Å²) < 4.78 is 14.8. The molecule has 0 radical (unpaired) electrons. The van der Waals surface area contributed by atoms with Crippen LogP contribution < -0.4 is 0 Å². The number of aromatic hydroxyl groups is 1. The lowest BCUT2D eigenvalue weighted by molar-refractivity contribution is 0.277. The zero-order chi connectivity index (χ0) is 16.7. The SMILES string of the molecule is CCc1nc2sc([C@H](c3ccc(F)cc3)N3CCCC3)c(O)n2n1. The van der Waals surface area contributed by atoms with E-state index >= 15 is 0 Å². The maximum atomic E-state index is 13.3. The van der Waals surface area contributed by atoms with E-state index in [2.05, 4.69) is 15.0 Å². The minimum absolute atomic E-state index is 0.0910. The smallest absolute Gasteiger partial charge is 0.230 e. The van der Waals surface area contributed by atoms with Crippen molar-refractivity contribution in [3.63, 3.8) is 0 Å². The van der Waals surface area contributed by atoms with Crippen LogP contribution >= 0.6 is 11.3 Å². The van der Waals surface area contributed by atoms with Crippen molar-refractivity contribution in [1.29, 1.82) is 0 Å². The number of hydrogen-bond donors (Lipinski definition) is 1. The molecule has 0 saturated carbocycles. The second-order valence-electron chi connectivity index (χ2n) is 6.06. The number of likely N-dealkylation sites (tertiary alicyclic amines) is 1. The van der Waals surface area contributed by atoms with Gasteiger partial charge in [-0.25, -0.2) is 9.37 Å². The fourth-order valence-corrected chi connectivity index (χ4v) is 4.43. The minimum Gasteiger partial charge on any atom is -0.492 e. The summed E-state index contributed by atoms with van der Waals surface area (Å²) in [5, 5.41) is 15.1. The maximum absolute atomic E-state index is 13.3. The van der Waals surface area contributed by atoms with Gasteiger partial charge >= 0.3 is 0 Å². The molecule has 2 aromatic heterocycles. The van der Waals surface area contributed by atoms with Crippen molar-refractivity contribution in [1.82, 2.24) is 19.5 Å². The highest BCUT2D eigenvalue weighted by Crippen LogP contribution is 2.41. The van der Waals surface area contributed by atoms with E-state index in [9.17, 15) is 9.50 Å². The summed E-state index contributed by atoms with van der Waals surface area (Å²) in [6, 6.07) is 6.45. The summed E-state index contributed by atoms with van der Waals surface area (Å²) in [5.41, 5.74) is 0.980. The van der Waals surface area contributed by atoms with Gasteiger partial charge in [-0.05, 0) is 43.6 Å². The molecule has 1 aromatic carbocycles. The Hall–Kier alpha value is -1.99. The maximum Gasteiger partial charge on any atom is 0.230 e. The number of nitrogens with zero attached hydrogens (tertiary/aromatic N) is 4. The van der Waals surface area contributed by atoms with Crippen LogP contribution in [0.1, 0.15) is 42.1 Å². The molecule has 1 N–H and O–H groups in total. The Kier molecular flexibility index (Phi) is 3.97. The molecular weight excluding hydrogens is 327 g/mol. The highest BCUT2D eigenvalue weighted by molar-refractivity contribution is 7.17. The van der Waals surface area contributed by atoms with Gasteiger partial charge < -0.3 is 5.11 Å². The molecule has 24 heavy (non-hydrogen) atoms. The number of halogens is 1. The van der Waals surface area contributed by atoms with E-state index in [4.69, 9.17) is 0 Å². The molecule has 3 heterocycles. The van der Waals surface area contributed by atoms with E-state index in [0.717, 1.165) is 48.6 Å². The van der Waals surface area contributed by atoms with Gasteiger partial charge in [-0.1, -0.05) is 30.4 Å². The molecule has 3 aromatic rings. The molecule has 1 saturated heterocycles. The summed E-state index contributed by atoms with van der Waals surface area (Å²) in [4.78, 5) is 8.31. The second-order valence-corrected chi connectivity index (χ2v) is 7.07. The van der Waals surface area contributed by atoms with Crippen LogP contribution in [0.25, 0.3) is 4.96 Å². The quantitative estimate of drug-likeness (QED) is 0.787. The summed E-state index contributed by atoms with van der Waals surface area (Å²) in [7, 11) is 0. The lowest BCUT2D eigenvalue weighted by atomic mass is 10.0. The van der Waals surface area contributed by atoms with Crippen molar-refractivity contribution >= 4 is 16.3 Å². The molecule has 5 nitrogen and oxygen atoms in total. The molecule has 126 valence electrons. The number of fused-ring (bicyclic) bond motifs is 1. The van der Waals surface area contributed by atoms with E-state index in [-0.39, 0.29) is 17.7 Å². The first-order valence-corrected chi connectivity index (χ1v) is 9.06. The molecule has 1 atom stereocenters. The number of rotatable bonds is 4. The Morgan fingerprint density at radius 2 is 1.96 bits per heavy atom. The van der Waals surface area contributed by atoms with Crippen LogP contribution in [-0.4, -0.2) is 37.7 Å². The molecule has 1 aliphatic heterocycles. The number of benzene rings is 1. The first kappa shape index (κ1) is 15.5. The van der Waals surface area contributed by atoms with Crippen LogP contribution in [0.2, 0.25) is 0 Å². The molecule has 0 spiro atoms. The highest BCUT2D eigenvalue weighted by atomic mass is 32.1. The third-order valence-electron chi connectivity index (χ3n) is 4.50. The minimum atomic E-state index is -0.251.